The number of aromatic nitrogens is 4. The zero-order valence-electron chi connectivity index (χ0n) is 11.2. The Labute approximate surface area is 119 Å². The molecule has 2 aromatic rings. The van der Waals surface area contributed by atoms with Crippen molar-refractivity contribution in [1.82, 2.24) is 19.5 Å². The van der Waals surface area contributed by atoms with E-state index in [1.807, 2.05) is 0 Å². The molecular weight excluding hydrogens is 280 g/mol. The number of ether oxygens (including phenoxy) is 1. The van der Waals surface area contributed by atoms with Crippen LogP contribution in [0.1, 0.15) is 13.2 Å². The van der Waals surface area contributed by atoms with E-state index in [2.05, 4.69) is 20.4 Å². The molecule has 6 N–H and O–H groups in total. The van der Waals surface area contributed by atoms with Crippen LogP contribution in [0, 0.1) is 0 Å². The molecule has 1 aliphatic heterocycles. The van der Waals surface area contributed by atoms with Crippen molar-refractivity contribution in [1.29, 1.82) is 0 Å². The highest BCUT2D eigenvalue weighted by atomic mass is 16.6. The van der Waals surface area contributed by atoms with E-state index in [1.165, 1.54) is 24.1 Å². The molecule has 1 unspecified atom stereocenters. The van der Waals surface area contributed by atoms with E-state index in [4.69, 9.17) is 10.6 Å². The van der Waals surface area contributed by atoms with Crippen LogP contribution >= 0.6 is 0 Å². The van der Waals surface area contributed by atoms with Crippen LogP contribution in [0.15, 0.2) is 12.7 Å². The van der Waals surface area contributed by atoms with Crippen LogP contribution in [-0.4, -0.2) is 59.3 Å². The quantitative estimate of drug-likeness (QED) is 0.323. The van der Waals surface area contributed by atoms with Gasteiger partial charge < -0.3 is 25.5 Å². The second-order valence-electron chi connectivity index (χ2n) is 5.07. The van der Waals surface area contributed by atoms with Crippen molar-refractivity contribution in [2.24, 2.45) is 5.84 Å². The number of nitrogens with one attached hydrogen (secondary N) is 1. The van der Waals surface area contributed by atoms with Gasteiger partial charge in [-0.05, 0) is 6.92 Å². The highest BCUT2D eigenvalue weighted by molar-refractivity contribution is 5.82. The molecule has 0 bridgehead atoms. The number of nitrogens with zero attached hydrogens (tertiary/aromatic N) is 4. The maximum Gasteiger partial charge on any atom is 0.171 e. The summed E-state index contributed by atoms with van der Waals surface area (Å²) in [6, 6.07) is 0. The summed E-state index contributed by atoms with van der Waals surface area (Å²) < 4.78 is 6.99. The van der Waals surface area contributed by atoms with Gasteiger partial charge in [0.15, 0.2) is 23.2 Å². The maximum absolute atomic E-state index is 10.5. The van der Waals surface area contributed by atoms with Crippen LogP contribution in [-0.2, 0) is 4.74 Å². The number of nitrogens with two attached hydrogens (primary N) is 1. The van der Waals surface area contributed by atoms with Crippen LogP contribution in [0.4, 0.5) is 5.82 Å². The fourth-order valence-corrected chi connectivity index (χ4v) is 2.52. The first kappa shape index (κ1) is 14.1. The summed E-state index contributed by atoms with van der Waals surface area (Å²) >= 11 is 0. The van der Waals surface area contributed by atoms with Gasteiger partial charge in [0.25, 0.3) is 0 Å². The van der Waals surface area contributed by atoms with Crippen molar-refractivity contribution in [3.63, 3.8) is 0 Å². The lowest BCUT2D eigenvalue weighted by Gasteiger charge is -2.27. The molecule has 1 aliphatic rings. The molecule has 10 nitrogen and oxygen atoms in total. The van der Waals surface area contributed by atoms with Crippen LogP contribution < -0.4 is 11.3 Å². The van der Waals surface area contributed by atoms with Gasteiger partial charge >= 0.3 is 0 Å². The first-order chi connectivity index (χ1) is 10.0. The second-order valence-corrected chi connectivity index (χ2v) is 5.07. The zero-order valence-corrected chi connectivity index (χ0v) is 11.2. The van der Waals surface area contributed by atoms with Gasteiger partial charge in [-0.25, -0.2) is 20.8 Å². The van der Waals surface area contributed by atoms with Gasteiger partial charge in [-0.3, -0.25) is 4.57 Å². The van der Waals surface area contributed by atoms with Crippen molar-refractivity contribution in [2.75, 3.05) is 12.0 Å². The first-order valence-electron chi connectivity index (χ1n) is 6.31. The largest absolute Gasteiger partial charge is 0.394 e. The molecule has 1 fully saturated rings. The molecule has 1 saturated heterocycles. The summed E-state index contributed by atoms with van der Waals surface area (Å²) in [5.41, 5.74) is 1.58. The Hall–Kier alpha value is -1.85. The van der Waals surface area contributed by atoms with Gasteiger partial charge in [0, 0.05) is 0 Å². The van der Waals surface area contributed by atoms with Gasteiger partial charge in [-0.1, -0.05) is 0 Å². The van der Waals surface area contributed by atoms with Crippen molar-refractivity contribution in [2.45, 2.75) is 31.0 Å². The number of rotatable bonds is 3. The number of anilines is 1. The van der Waals surface area contributed by atoms with E-state index < -0.39 is 30.6 Å². The number of hydrazine groups is 1. The van der Waals surface area contributed by atoms with Gasteiger partial charge in [-0.15, -0.1) is 0 Å². The molecular formula is C11H16N6O4. The third-order valence-corrected chi connectivity index (χ3v) is 3.68. The highest BCUT2D eigenvalue weighted by Gasteiger charge is 2.53. The number of imidazole rings is 1. The monoisotopic (exact) mass is 296 g/mol. The van der Waals surface area contributed by atoms with E-state index >= 15 is 0 Å². The Kier molecular flexibility index (Phi) is 3.26. The van der Waals surface area contributed by atoms with Crippen molar-refractivity contribution >= 4 is 17.0 Å². The Morgan fingerprint density at radius 2 is 2.24 bits per heavy atom. The van der Waals surface area contributed by atoms with Crippen LogP contribution in [0.3, 0.4) is 0 Å². The van der Waals surface area contributed by atoms with E-state index in [-0.39, 0.29) is 0 Å². The molecule has 0 saturated carbocycles. The summed E-state index contributed by atoms with van der Waals surface area (Å²) in [7, 11) is 0. The van der Waals surface area contributed by atoms with Crippen molar-refractivity contribution in [3.05, 3.63) is 12.7 Å². The fraction of sp³-hybridized carbons (Fsp3) is 0.545. The minimum absolute atomic E-state index is 0.329. The number of hydrogen-bond donors (Lipinski definition) is 5. The Bertz CT molecular complexity index is 659. The molecule has 0 aromatic carbocycles. The molecule has 3 rings (SSSR count). The van der Waals surface area contributed by atoms with Crippen LogP contribution in [0.2, 0.25) is 0 Å². The molecule has 10 heteroatoms. The Morgan fingerprint density at radius 3 is 2.86 bits per heavy atom. The lowest BCUT2D eigenvalue weighted by molar-refractivity contribution is -0.0950. The zero-order chi connectivity index (χ0) is 15.2. The first-order valence-corrected chi connectivity index (χ1v) is 6.31. The lowest BCUT2D eigenvalue weighted by Crippen LogP contribution is -2.44. The smallest absolute Gasteiger partial charge is 0.171 e. The normalized spacial score (nSPS) is 32.7. The minimum atomic E-state index is -1.61. The summed E-state index contributed by atoms with van der Waals surface area (Å²) in [6.07, 6.45) is -0.379. The van der Waals surface area contributed by atoms with E-state index in [0.717, 1.165) is 0 Å². The molecule has 114 valence electrons. The SMILES string of the molecule is C[C@]1(O)C(n2cnc3c(NN)ncnc32)O[C@H](CO)[C@H]1O. The third-order valence-electron chi connectivity index (χ3n) is 3.68. The number of fused-ring (bicyclic) bond motifs is 1. The van der Waals surface area contributed by atoms with E-state index in [0.29, 0.717) is 17.0 Å². The topological polar surface area (TPSA) is 152 Å². The summed E-state index contributed by atoms with van der Waals surface area (Å²) in [6.45, 7) is 1.01. The Morgan fingerprint density at radius 1 is 1.48 bits per heavy atom. The number of hydrogen-bond acceptors (Lipinski definition) is 9. The summed E-state index contributed by atoms with van der Waals surface area (Å²) in [4.78, 5) is 12.2. The lowest BCUT2D eigenvalue weighted by atomic mass is 9.96. The summed E-state index contributed by atoms with van der Waals surface area (Å²) in [5.74, 6) is 5.68. The molecule has 4 atom stereocenters. The Balaban J connectivity index is 2.09. The maximum atomic E-state index is 10.5. The molecule has 21 heavy (non-hydrogen) atoms. The molecule has 0 radical (unpaired) electrons. The second kappa shape index (κ2) is 4.86. The van der Waals surface area contributed by atoms with Crippen LogP contribution in [0.5, 0.6) is 0 Å². The predicted octanol–water partition coefficient (Wildman–Crippen LogP) is -1.89. The fourth-order valence-electron chi connectivity index (χ4n) is 2.52. The van der Waals surface area contributed by atoms with Crippen molar-refractivity contribution < 1.29 is 20.1 Å². The standard InChI is InChI=1S/C11H16N6O4/c1-11(20)7(19)5(2-18)21-10(11)17-4-15-6-8(16-12)13-3-14-9(6)17/h3-5,7,10,18-20H,2,12H2,1H3,(H,13,14,16)/t5-,7-,10?,11-/m1/s1. The predicted molar refractivity (Wildman–Crippen MR) is 70.8 cm³/mol. The van der Waals surface area contributed by atoms with Gasteiger partial charge in [-0.2, -0.15) is 0 Å². The molecule has 3 heterocycles. The van der Waals surface area contributed by atoms with E-state index in [1.54, 1.807) is 0 Å². The molecule has 0 amide bonds. The van der Waals surface area contributed by atoms with Gasteiger partial charge in [0.05, 0.1) is 12.9 Å². The average Bonchev–Trinajstić information content (AvgIpc) is 2.99. The van der Waals surface area contributed by atoms with Crippen molar-refractivity contribution in [3.8, 4) is 0 Å². The van der Waals surface area contributed by atoms with E-state index in [9.17, 15) is 15.3 Å². The third kappa shape index (κ3) is 1.96. The number of aliphatic hydroxyl groups is 3. The van der Waals surface area contributed by atoms with Gasteiger partial charge in [0.1, 0.15) is 24.1 Å². The molecule has 0 aliphatic carbocycles. The highest BCUT2D eigenvalue weighted by Crippen LogP contribution is 2.39. The van der Waals surface area contributed by atoms with Gasteiger partial charge in [0.2, 0.25) is 0 Å². The number of aliphatic hydroxyl groups excluding tert-OH is 2. The number of nitrogen functional groups attached to an aromatic ring is 1. The summed E-state index contributed by atoms with van der Waals surface area (Å²) in [5, 5.41) is 29.7. The average molecular weight is 296 g/mol. The molecule has 2 aromatic heterocycles. The molecule has 0 spiro atoms. The van der Waals surface area contributed by atoms with Crippen LogP contribution in [0.25, 0.3) is 11.2 Å². The minimum Gasteiger partial charge on any atom is -0.394 e.